The van der Waals surface area contributed by atoms with Gasteiger partial charge in [-0.15, -0.1) is 0 Å². The van der Waals surface area contributed by atoms with E-state index in [0.717, 1.165) is 31.7 Å². The van der Waals surface area contributed by atoms with E-state index in [0.29, 0.717) is 10.8 Å². The molecule has 1 aliphatic rings. The van der Waals surface area contributed by atoms with Crippen LogP contribution in [0.2, 0.25) is 5.02 Å². The first-order valence-corrected chi connectivity index (χ1v) is 6.67. The minimum absolute atomic E-state index is 0.173. The molecule has 0 radical (unpaired) electrons. The average molecular weight is 269 g/mol. The molecule has 1 saturated heterocycles. The van der Waals surface area contributed by atoms with Crippen molar-refractivity contribution in [2.75, 3.05) is 26.7 Å². The first kappa shape index (κ1) is 13.7. The summed E-state index contributed by atoms with van der Waals surface area (Å²) in [6, 6.07) is 5.23. The largest absolute Gasteiger partial charge is 0.508 e. The van der Waals surface area contributed by atoms with Crippen molar-refractivity contribution in [2.45, 2.75) is 25.9 Å². The number of rotatable bonds is 2. The maximum absolute atomic E-state index is 9.85. The molecule has 2 rings (SSSR count). The molecular formula is C14H21ClN2O. The highest BCUT2D eigenvalue weighted by molar-refractivity contribution is 6.30. The second kappa shape index (κ2) is 5.08. The molecule has 1 aromatic carbocycles. The van der Waals surface area contributed by atoms with Crippen LogP contribution in [0.15, 0.2) is 18.2 Å². The fourth-order valence-electron chi connectivity index (χ4n) is 2.40. The molecule has 0 bridgehead atoms. The number of aromatic hydroxyl groups is 1. The van der Waals surface area contributed by atoms with E-state index in [1.807, 2.05) is 6.07 Å². The molecule has 1 N–H and O–H groups in total. The Kier molecular flexibility index (Phi) is 3.85. The Morgan fingerprint density at radius 2 is 2.06 bits per heavy atom. The van der Waals surface area contributed by atoms with Crippen LogP contribution in [-0.4, -0.2) is 47.1 Å². The highest BCUT2D eigenvalue weighted by Gasteiger charge is 2.31. The van der Waals surface area contributed by atoms with Crippen molar-refractivity contribution < 1.29 is 5.11 Å². The van der Waals surface area contributed by atoms with Crippen LogP contribution in [0.25, 0.3) is 0 Å². The van der Waals surface area contributed by atoms with Crippen LogP contribution in [0.1, 0.15) is 19.4 Å². The van der Waals surface area contributed by atoms with Gasteiger partial charge in [-0.1, -0.05) is 11.6 Å². The van der Waals surface area contributed by atoms with Crippen molar-refractivity contribution in [1.29, 1.82) is 0 Å². The lowest BCUT2D eigenvalue weighted by Gasteiger charge is -2.45. The van der Waals surface area contributed by atoms with Gasteiger partial charge in [-0.3, -0.25) is 9.80 Å². The highest BCUT2D eigenvalue weighted by atomic mass is 35.5. The zero-order valence-electron chi connectivity index (χ0n) is 11.3. The predicted octanol–water partition coefficient (Wildman–Crippen LogP) is 2.57. The fourth-order valence-corrected chi connectivity index (χ4v) is 2.59. The van der Waals surface area contributed by atoms with Crippen molar-refractivity contribution >= 4 is 11.6 Å². The molecule has 1 aliphatic heterocycles. The second-order valence-corrected chi connectivity index (χ2v) is 6.15. The van der Waals surface area contributed by atoms with Gasteiger partial charge in [0.1, 0.15) is 5.75 Å². The lowest BCUT2D eigenvalue weighted by Crippen LogP contribution is -2.57. The summed E-state index contributed by atoms with van der Waals surface area (Å²) in [4.78, 5) is 4.74. The second-order valence-electron chi connectivity index (χ2n) is 5.72. The number of benzene rings is 1. The number of hydrogen-bond donors (Lipinski definition) is 1. The van der Waals surface area contributed by atoms with Crippen molar-refractivity contribution in [3.05, 3.63) is 28.8 Å². The topological polar surface area (TPSA) is 26.7 Å². The van der Waals surface area contributed by atoms with Gasteiger partial charge in [-0.2, -0.15) is 0 Å². The summed E-state index contributed by atoms with van der Waals surface area (Å²) in [5, 5.41) is 10.5. The SMILES string of the molecule is CN1CCN(Cc2cc(Cl)ccc2O)CC1(C)C. The molecule has 0 atom stereocenters. The lowest BCUT2D eigenvalue weighted by molar-refractivity contribution is 0.0357. The summed E-state index contributed by atoms with van der Waals surface area (Å²) >= 11 is 5.98. The standard InChI is InChI=1S/C14H21ClN2O/c1-14(2)10-17(7-6-16(14)3)9-11-8-12(15)4-5-13(11)18/h4-5,8,18H,6-7,9-10H2,1-3H3. The molecule has 1 aromatic rings. The molecule has 0 spiro atoms. The summed E-state index contributed by atoms with van der Waals surface area (Å²) in [6.07, 6.45) is 0. The molecule has 0 aliphatic carbocycles. The number of nitrogens with zero attached hydrogens (tertiary/aromatic N) is 2. The zero-order valence-corrected chi connectivity index (χ0v) is 12.0. The minimum atomic E-state index is 0.173. The van der Waals surface area contributed by atoms with Crippen LogP contribution in [0.4, 0.5) is 0 Å². The van der Waals surface area contributed by atoms with E-state index < -0.39 is 0 Å². The minimum Gasteiger partial charge on any atom is -0.508 e. The molecule has 0 amide bonds. The molecule has 1 fully saturated rings. The Bertz CT molecular complexity index is 434. The predicted molar refractivity (Wildman–Crippen MR) is 75.1 cm³/mol. The van der Waals surface area contributed by atoms with E-state index in [2.05, 4.69) is 30.7 Å². The molecule has 0 aromatic heterocycles. The maximum atomic E-state index is 9.85. The third-order valence-corrected chi connectivity index (χ3v) is 4.07. The normalized spacial score (nSPS) is 21.1. The van der Waals surface area contributed by atoms with Gasteiger partial charge in [-0.25, -0.2) is 0 Å². The van der Waals surface area contributed by atoms with Crippen LogP contribution in [-0.2, 0) is 6.54 Å². The smallest absolute Gasteiger partial charge is 0.120 e. The van der Waals surface area contributed by atoms with Crippen LogP contribution < -0.4 is 0 Å². The van der Waals surface area contributed by atoms with Crippen LogP contribution in [0, 0.1) is 0 Å². The number of hydrogen-bond acceptors (Lipinski definition) is 3. The van der Waals surface area contributed by atoms with Crippen LogP contribution in [0.5, 0.6) is 5.75 Å². The number of halogens is 1. The van der Waals surface area contributed by atoms with Crippen molar-refractivity contribution in [2.24, 2.45) is 0 Å². The summed E-state index contributed by atoms with van der Waals surface area (Å²) in [5.41, 5.74) is 1.08. The van der Waals surface area contributed by atoms with Crippen molar-refractivity contribution in [3.63, 3.8) is 0 Å². The summed E-state index contributed by atoms with van der Waals surface area (Å²) < 4.78 is 0. The van der Waals surface area contributed by atoms with E-state index in [9.17, 15) is 5.11 Å². The summed E-state index contributed by atoms with van der Waals surface area (Å²) in [6.45, 7) is 8.31. The Morgan fingerprint density at radius 3 is 2.72 bits per heavy atom. The Morgan fingerprint density at radius 1 is 1.33 bits per heavy atom. The molecule has 0 unspecified atom stereocenters. The number of phenolic OH excluding ortho intramolecular Hbond substituents is 1. The van der Waals surface area contributed by atoms with Gasteiger partial charge in [0.2, 0.25) is 0 Å². The van der Waals surface area contributed by atoms with Crippen LogP contribution in [0.3, 0.4) is 0 Å². The van der Waals surface area contributed by atoms with E-state index in [4.69, 9.17) is 11.6 Å². The summed E-state index contributed by atoms with van der Waals surface area (Å²) in [5.74, 6) is 0.330. The Balaban J connectivity index is 2.08. The Labute approximate surface area is 114 Å². The Hall–Kier alpha value is -0.770. The molecule has 100 valence electrons. The third-order valence-electron chi connectivity index (χ3n) is 3.83. The number of piperazine rings is 1. The number of likely N-dealkylation sites (N-methyl/N-ethyl adjacent to an activating group) is 1. The van der Waals surface area contributed by atoms with Gasteiger partial charge in [0.15, 0.2) is 0 Å². The maximum Gasteiger partial charge on any atom is 0.120 e. The van der Waals surface area contributed by atoms with Gasteiger partial charge in [-0.05, 0) is 39.1 Å². The highest BCUT2D eigenvalue weighted by Crippen LogP contribution is 2.25. The monoisotopic (exact) mass is 268 g/mol. The van der Waals surface area contributed by atoms with E-state index >= 15 is 0 Å². The van der Waals surface area contributed by atoms with E-state index in [1.54, 1.807) is 12.1 Å². The third kappa shape index (κ3) is 2.97. The quantitative estimate of drug-likeness (QED) is 0.893. The first-order chi connectivity index (χ1) is 8.38. The molecular weight excluding hydrogens is 248 g/mol. The molecule has 0 saturated carbocycles. The summed E-state index contributed by atoms with van der Waals surface area (Å²) in [7, 11) is 2.16. The number of phenols is 1. The molecule has 3 nitrogen and oxygen atoms in total. The first-order valence-electron chi connectivity index (χ1n) is 6.29. The van der Waals surface area contributed by atoms with Gasteiger partial charge in [0, 0.05) is 42.3 Å². The van der Waals surface area contributed by atoms with Crippen molar-refractivity contribution in [1.82, 2.24) is 9.80 Å². The average Bonchev–Trinajstić information content (AvgIpc) is 2.28. The van der Waals surface area contributed by atoms with Gasteiger partial charge >= 0.3 is 0 Å². The van der Waals surface area contributed by atoms with Gasteiger partial charge < -0.3 is 5.11 Å². The molecule has 4 heteroatoms. The lowest BCUT2D eigenvalue weighted by atomic mass is 9.99. The van der Waals surface area contributed by atoms with E-state index in [1.165, 1.54) is 0 Å². The van der Waals surface area contributed by atoms with Gasteiger partial charge in [0.25, 0.3) is 0 Å². The fraction of sp³-hybridized carbons (Fsp3) is 0.571. The van der Waals surface area contributed by atoms with Crippen molar-refractivity contribution in [3.8, 4) is 5.75 Å². The van der Waals surface area contributed by atoms with Gasteiger partial charge in [0.05, 0.1) is 0 Å². The molecule has 18 heavy (non-hydrogen) atoms. The molecule has 1 heterocycles. The zero-order chi connectivity index (χ0) is 13.3. The van der Waals surface area contributed by atoms with Crippen LogP contribution >= 0.6 is 11.6 Å². The van der Waals surface area contributed by atoms with E-state index in [-0.39, 0.29) is 5.54 Å².